The standard InChI is InChI=1S/C18H19NO4S/c1-13-4-6-14(7-5-13)24(20,21)19-11-10-15-16(12-19)18(23-3)9-8-17(15)22-2/h4-11H,12H2,1-3H3. The Bertz CT molecular complexity index is 886. The van der Waals surface area contributed by atoms with Crippen molar-refractivity contribution in [3.8, 4) is 11.5 Å². The van der Waals surface area contributed by atoms with Gasteiger partial charge in [0.1, 0.15) is 11.5 Å². The lowest BCUT2D eigenvalue weighted by Crippen LogP contribution is -2.28. The van der Waals surface area contributed by atoms with Crippen LogP contribution in [0.5, 0.6) is 11.5 Å². The highest BCUT2D eigenvalue weighted by atomic mass is 32.2. The Morgan fingerprint density at radius 2 is 1.58 bits per heavy atom. The van der Waals surface area contributed by atoms with Crippen molar-refractivity contribution in [2.75, 3.05) is 14.2 Å². The van der Waals surface area contributed by atoms with Crippen molar-refractivity contribution in [1.29, 1.82) is 0 Å². The lowest BCUT2D eigenvalue weighted by Gasteiger charge is -2.27. The summed E-state index contributed by atoms with van der Waals surface area (Å²) in [5.41, 5.74) is 2.64. The van der Waals surface area contributed by atoms with Crippen molar-refractivity contribution in [2.24, 2.45) is 0 Å². The van der Waals surface area contributed by atoms with Gasteiger partial charge < -0.3 is 9.47 Å². The SMILES string of the molecule is COc1ccc(OC)c2c1C=CN(S(=O)(=O)c1ccc(C)cc1)C2. The summed E-state index contributed by atoms with van der Waals surface area (Å²) in [7, 11) is -0.459. The van der Waals surface area contributed by atoms with E-state index in [1.807, 2.05) is 13.0 Å². The van der Waals surface area contributed by atoms with Crippen LogP contribution in [0.25, 0.3) is 6.08 Å². The highest BCUT2D eigenvalue weighted by Crippen LogP contribution is 2.36. The topological polar surface area (TPSA) is 55.8 Å². The Balaban J connectivity index is 2.03. The van der Waals surface area contributed by atoms with Crippen LogP contribution < -0.4 is 9.47 Å². The molecule has 0 spiro atoms. The molecule has 24 heavy (non-hydrogen) atoms. The number of rotatable bonds is 4. The molecule has 0 aliphatic carbocycles. The molecule has 0 unspecified atom stereocenters. The fourth-order valence-corrected chi connectivity index (χ4v) is 3.99. The largest absolute Gasteiger partial charge is 0.496 e. The Kier molecular flexibility index (Phi) is 4.24. The van der Waals surface area contributed by atoms with Crippen molar-refractivity contribution in [1.82, 2.24) is 4.31 Å². The molecular formula is C18H19NO4S. The summed E-state index contributed by atoms with van der Waals surface area (Å²) in [6.45, 7) is 2.12. The first kappa shape index (κ1) is 16.4. The molecule has 0 aromatic heterocycles. The van der Waals surface area contributed by atoms with Crippen molar-refractivity contribution >= 4 is 16.1 Å². The number of sulfonamides is 1. The van der Waals surface area contributed by atoms with Gasteiger partial charge in [-0.15, -0.1) is 0 Å². The van der Waals surface area contributed by atoms with Crippen LogP contribution in [-0.4, -0.2) is 26.9 Å². The minimum Gasteiger partial charge on any atom is -0.496 e. The van der Waals surface area contributed by atoms with E-state index in [0.717, 1.165) is 16.7 Å². The second-order valence-electron chi connectivity index (χ2n) is 5.54. The summed E-state index contributed by atoms with van der Waals surface area (Å²) in [6.07, 6.45) is 3.31. The third kappa shape index (κ3) is 2.73. The number of hydrogen-bond donors (Lipinski definition) is 0. The van der Waals surface area contributed by atoms with Crippen molar-refractivity contribution < 1.29 is 17.9 Å². The maximum absolute atomic E-state index is 12.9. The molecule has 0 amide bonds. The molecule has 6 heteroatoms. The maximum atomic E-state index is 12.9. The maximum Gasteiger partial charge on any atom is 0.264 e. The van der Waals surface area contributed by atoms with Gasteiger partial charge in [-0.2, -0.15) is 0 Å². The molecule has 5 nitrogen and oxygen atoms in total. The lowest BCUT2D eigenvalue weighted by molar-refractivity contribution is 0.389. The van der Waals surface area contributed by atoms with Crippen LogP contribution in [0.1, 0.15) is 16.7 Å². The molecule has 0 bridgehead atoms. The molecule has 0 saturated carbocycles. The van der Waals surface area contributed by atoms with E-state index in [1.54, 1.807) is 56.8 Å². The molecule has 126 valence electrons. The summed E-state index contributed by atoms with van der Waals surface area (Å²) in [6, 6.07) is 10.4. The summed E-state index contributed by atoms with van der Waals surface area (Å²) < 4.78 is 37.8. The van der Waals surface area contributed by atoms with Gasteiger partial charge in [-0.25, -0.2) is 8.42 Å². The zero-order chi connectivity index (χ0) is 17.3. The first-order valence-corrected chi connectivity index (χ1v) is 8.92. The first-order chi connectivity index (χ1) is 11.5. The molecule has 0 N–H and O–H groups in total. The molecule has 0 radical (unpaired) electrons. The van der Waals surface area contributed by atoms with E-state index in [2.05, 4.69) is 0 Å². The Morgan fingerprint density at radius 1 is 0.958 bits per heavy atom. The molecule has 2 aromatic rings. The van der Waals surface area contributed by atoms with Gasteiger partial charge >= 0.3 is 0 Å². The van der Waals surface area contributed by atoms with E-state index in [4.69, 9.17) is 9.47 Å². The quantitative estimate of drug-likeness (QED) is 0.854. The predicted octanol–water partition coefficient (Wildman–Crippen LogP) is 3.19. The van der Waals surface area contributed by atoms with Crippen LogP contribution in [0.15, 0.2) is 47.5 Å². The predicted molar refractivity (Wildman–Crippen MR) is 92.5 cm³/mol. The second kappa shape index (κ2) is 6.20. The molecule has 0 atom stereocenters. The van der Waals surface area contributed by atoms with Crippen molar-refractivity contribution in [3.63, 3.8) is 0 Å². The van der Waals surface area contributed by atoms with E-state index >= 15 is 0 Å². The van der Waals surface area contributed by atoms with Gasteiger partial charge in [-0.05, 0) is 37.3 Å². The molecule has 3 rings (SSSR count). The Hall–Kier alpha value is -2.47. The summed E-state index contributed by atoms with van der Waals surface area (Å²) in [5, 5.41) is 0. The van der Waals surface area contributed by atoms with Gasteiger partial charge in [-0.1, -0.05) is 17.7 Å². The molecule has 1 aliphatic heterocycles. The molecule has 2 aromatic carbocycles. The van der Waals surface area contributed by atoms with Gasteiger partial charge in [0, 0.05) is 17.3 Å². The van der Waals surface area contributed by atoms with E-state index in [1.165, 1.54) is 4.31 Å². The second-order valence-corrected chi connectivity index (χ2v) is 7.43. The van der Waals surface area contributed by atoms with Crippen LogP contribution in [0.2, 0.25) is 0 Å². The number of fused-ring (bicyclic) bond motifs is 1. The zero-order valence-corrected chi connectivity index (χ0v) is 14.6. The van der Waals surface area contributed by atoms with Gasteiger partial charge in [0.2, 0.25) is 0 Å². The fourth-order valence-electron chi connectivity index (χ4n) is 2.72. The number of benzene rings is 2. The van der Waals surface area contributed by atoms with Crippen LogP contribution in [0, 0.1) is 6.92 Å². The number of ether oxygens (including phenoxy) is 2. The number of methoxy groups -OCH3 is 2. The average Bonchev–Trinajstić information content (AvgIpc) is 2.60. The van der Waals surface area contributed by atoms with E-state index in [-0.39, 0.29) is 11.4 Å². The van der Waals surface area contributed by atoms with Crippen molar-refractivity contribution in [2.45, 2.75) is 18.4 Å². The molecule has 1 aliphatic rings. The Morgan fingerprint density at radius 3 is 2.21 bits per heavy atom. The lowest BCUT2D eigenvalue weighted by atomic mass is 10.0. The first-order valence-electron chi connectivity index (χ1n) is 7.48. The summed E-state index contributed by atoms with van der Waals surface area (Å²) in [5.74, 6) is 1.33. The minimum atomic E-state index is -3.62. The van der Waals surface area contributed by atoms with Crippen LogP contribution in [-0.2, 0) is 16.6 Å². The third-order valence-corrected chi connectivity index (χ3v) is 5.80. The normalized spacial score (nSPS) is 13.5. The number of hydrogen-bond acceptors (Lipinski definition) is 4. The van der Waals surface area contributed by atoms with Crippen molar-refractivity contribution in [3.05, 3.63) is 59.3 Å². The molecule has 0 saturated heterocycles. The highest BCUT2D eigenvalue weighted by molar-refractivity contribution is 7.89. The Labute approximate surface area is 142 Å². The van der Waals surface area contributed by atoms with Gasteiger partial charge in [0.25, 0.3) is 10.0 Å². The average molecular weight is 345 g/mol. The van der Waals surface area contributed by atoms with Gasteiger partial charge in [0.15, 0.2) is 0 Å². The highest BCUT2D eigenvalue weighted by Gasteiger charge is 2.27. The van der Waals surface area contributed by atoms with E-state index in [9.17, 15) is 8.42 Å². The summed E-state index contributed by atoms with van der Waals surface area (Å²) >= 11 is 0. The van der Waals surface area contributed by atoms with E-state index in [0.29, 0.717) is 11.5 Å². The fraction of sp³-hybridized carbons (Fsp3) is 0.222. The molecular weight excluding hydrogens is 326 g/mol. The van der Waals surface area contributed by atoms with Crippen LogP contribution in [0.4, 0.5) is 0 Å². The van der Waals surface area contributed by atoms with Crippen LogP contribution in [0.3, 0.4) is 0 Å². The van der Waals surface area contributed by atoms with Gasteiger partial charge in [0.05, 0.1) is 25.7 Å². The number of nitrogens with zero attached hydrogens (tertiary/aromatic N) is 1. The van der Waals surface area contributed by atoms with E-state index < -0.39 is 10.0 Å². The number of aryl methyl sites for hydroxylation is 1. The minimum absolute atomic E-state index is 0.197. The van der Waals surface area contributed by atoms with Crippen LogP contribution >= 0.6 is 0 Å². The van der Waals surface area contributed by atoms with Gasteiger partial charge in [-0.3, -0.25) is 4.31 Å². The monoisotopic (exact) mass is 345 g/mol. The smallest absolute Gasteiger partial charge is 0.264 e. The third-order valence-electron chi connectivity index (χ3n) is 4.06. The molecule has 0 fully saturated rings. The summed E-state index contributed by atoms with van der Waals surface area (Å²) in [4.78, 5) is 0.267. The molecule has 1 heterocycles. The zero-order valence-electron chi connectivity index (χ0n) is 13.8.